The van der Waals surface area contributed by atoms with Gasteiger partial charge in [-0.25, -0.2) is 12.7 Å². The van der Waals surface area contributed by atoms with Crippen molar-refractivity contribution in [2.45, 2.75) is 75.3 Å². The first-order chi connectivity index (χ1) is 17.3. The summed E-state index contributed by atoms with van der Waals surface area (Å²) in [6.45, 7) is 2.44. The molecule has 0 aromatic heterocycles. The van der Waals surface area contributed by atoms with Crippen LogP contribution in [0, 0.1) is 0 Å². The number of nitrogens with zero attached hydrogens (tertiary/aromatic N) is 2. The zero-order valence-corrected chi connectivity index (χ0v) is 22.3. The van der Waals surface area contributed by atoms with E-state index in [4.69, 9.17) is 0 Å². The fourth-order valence-corrected chi connectivity index (χ4v) is 5.86. The maximum atomic E-state index is 13.3. The van der Waals surface area contributed by atoms with Gasteiger partial charge in [-0.15, -0.1) is 0 Å². The summed E-state index contributed by atoms with van der Waals surface area (Å²) in [4.78, 5) is 28.2. The molecular weight excluding hydrogens is 474 g/mol. The zero-order valence-electron chi connectivity index (χ0n) is 21.4. The minimum Gasteiger partial charge on any atom is -0.352 e. The Morgan fingerprint density at radius 2 is 1.56 bits per heavy atom. The molecule has 1 aliphatic carbocycles. The zero-order chi connectivity index (χ0) is 26.0. The Balaban J connectivity index is 1.61. The largest absolute Gasteiger partial charge is 0.352 e. The molecule has 0 heterocycles. The number of amides is 2. The summed E-state index contributed by atoms with van der Waals surface area (Å²) in [6, 6.07) is 17.8. The van der Waals surface area contributed by atoms with Gasteiger partial charge in [0.1, 0.15) is 6.04 Å². The van der Waals surface area contributed by atoms with Crippen molar-refractivity contribution < 1.29 is 18.0 Å². The van der Waals surface area contributed by atoms with Gasteiger partial charge in [-0.2, -0.15) is 0 Å². The molecule has 0 saturated heterocycles. The highest BCUT2D eigenvalue weighted by molar-refractivity contribution is 7.89. The topological polar surface area (TPSA) is 86.8 Å². The highest BCUT2D eigenvalue weighted by Crippen LogP contribution is 2.18. The van der Waals surface area contributed by atoms with Crippen molar-refractivity contribution in [2.24, 2.45) is 0 Å². The van der Waals surface area contributed by atoms with Crippen LogP contribution in [0.5, 0.6) is 0 Å². The average molecular weight is 514 g/mol. The van der Waals surface area contributed by atoms with Crippen molar-refractivity contribution in [3.05, 3.63) is 66.2 Å². The van der Waals surface area contributed by atoms with Crippen LogP contribution in [0.4, 0.5) is 0 Å². The van der Waals surface area contributed by atoms with Gasteiger partial charge in [0, 0.05) is 32.6 Å². The molecule has 0 unspecified atom stereocenters. The molecule has 2 aromatic rings. The summed E-state index contributed by atoms with van der Waals surface area (Å²) < 4.78 is 26.8. The van der Waals surface area contributed by atoms with Crippen LogP contribution < -0.4 is 5.32 Å². The van der Waals surface area contributed by atoms with E-state index < -0.39 is 16.1 Å². The number of hydrogen-bond acceptors (Lipinski definition) is 4. The molecule has 1 saturated carbocycles. The molecule has 1 aliphatic rings. The Morgan fingerprint density at radius 3 is 2.19 bits per heavy atom. The number of rotatable bonds is 12. The van der Waals surface area contributed by atoms with E-state index in [9.17, 15) is 18.0 Å². The molecule has 2 amide bonds. The van der Waals surface area contributed by atoms with Crippen molar-refractivity contribution >= 4 is 21.8 Å². The van der Waals surface area contributed by atoms with Crippen molar-refractivity contribution in [1.82, 2.24) is 14.5 Å². The summed E-state index contributed by atoms with van der Waals surface area (Å²) in [5.41, 5.74) is 1.10. The molecular formula is C28H39N3O4S. The number of nitrogens with one attached hydrogen (secondary N) is 1. The lowest BCUT2D eigenvalue weighted by Gasteiger charge is -2.31. The highest BCUT2D eigenvalue weighted by Gasteiger charge is 2.28. The smallest absolute Gasteiger partial charge is 0.242 e. The lowest BCUT2D eigenvalue weighted by molar-refractivity contribution is -0.140. The number of carbonyl (C=O) groups is 2. The van der Waals surface area contributed by atoms with Gasteiger partial charge in [-0.05, 0) is 50.3 Å². The van der Waals surface area contributed by atoms with Gasteiger partial charge in [0.15, 0.2) is 0 Å². The number of hydrogen-bond donors (Lipinski definition) is 1. The van der Waals surface area contributed by atoms with Crippen molar-refractivity contribution in [3.63, 3.8) is 0 Å². The molecule has 3 rings (SSSR count). The van der Waals surface area contributed by atoms with E-state index in [0.717, 1.165) is 31.2 Å². The standard InChI is InChI=1S/C28H39N3O4S/c1-23(28(33)29-25-15-8-4-9-16-25)31(22-20-24-13-6-3-7-14-24)27(32)19-12-21-30(2)36(34,35)26-17-10-5-11-18-26/h3,5-7,10-11,13-14,17-18,23,25H,4,8-9,12,15-16,19-22H2,1-2H3,(H,29,33)/t23-/m1/s1. The van der Waals surface area contributed by atoms with Crippen LogP contribution in [-0.2, 0) is 26.0 Å². The van der Waals surface area contributed by atoms with Crippen molar-refractivity contribution in [2.75, 3.05) is 20.1 Å². The van der Waals surface area contributed by atoms with Crippen molar-refractivity contribution in [3.8, 4) is 0 Å². The first-order valence-electron chi connectivity index (χ1n) is 12.9. The summed E-state index contributed by atoms with van der Waals surface area (Å²) in [5.74, 6) is -0.255. The molecule has 8 heteroatoms. The predicted molar refractivity (Wildman–Crippen MR) is 142 cm³/mol. The maximum Gasteiger partial charge on any atom is 0.242 e. The third-order valence-electron chi connectivity index (χ3n) is 6.92. The van der Waals surface area contributed by atoms with Gasteiger partial charge in [-0.3, -0.25) is 9.59 Å². The minimum atomic E-state index is -3.61. The molecule has 0 bridgehead atoms. The molecule has 2 aromatic carbocycles. The molecule has 1 atom stereocenters. The Labute approximate surface area is 215 Å². The number of sulfonamides is 1. The van der Waals surface area contributed by atoms with Crippen LogP contribution >= 0.6 is 0 Å². The third kappa shape index (κ3) is 7.90. The second kappa shape index (κ2) is 13.6. The molecule has 1 N–H and O–H groups in total. The highest BCUT2D eigenvalue weighted by atomic mass is 32.2. The molecule has 36 heavy (non-hydrogen) atoms. The van der Waals surface area contributed by atoms with Crippen LogP contribution in [0.3, 0.4) is 0 Å². The summed E-state index contributed by atoms with van der Waals surface area (Å²) in [6.07, 6.45) is 6.61. The normalized spacial score (nSPS) is 15.4. The van der Waals surface area contributed by atoms with E-state index in [0.29, 0.717) is 19.4 Å². The predicted octanol–water partition coefficient (Wildman–Crippen LogP) is 4.00. The third-order valence-corrected chi connectivity index (χ3v) is 8.79. The van der Waals surface area contributed by atoms with Gasteiger partial charge >= 0.3 is 0 Å². The molecule has 1 fully saturated rings. The van der Waals surface area contributed by atoms with Crippen molar-refractivity contribution in [1.29, 1.82) is 0 Å². The summed E-state index contributed by atoms with van der Waals surface area (Å²) in [5, 5.41) is 3.14. The Hall–Kier alpha value is -2.71. The SMILES string of the molecule is C[C@H](C(=O)NC1CCCCC1)N(CCc1ccccc1)C(=O)CCCN(C)S(=O)(=O)c1ccccc1. The van der Waals surface area contributed by atoms with Crippen LogP contribution in [0.25, 0.3) is 0 Å². The van der Waals surface area contributed by atoms with Crippen LogP contribution in [0.1, 0.15) is 57.4 Å². The quantitative estimate of drug-likeness (QED) is 0.465. The summed E-state index contributed by atoms with van der Waals surface area (Å²) in [7, 11) is -2.08. The number of carbonyl (C=O) groups excluding carboxylic acids is 2. The van der Waals surface area contributed by atoms with Gasteiger partial charge < -0.3 is 10.2 Å². The fourth-order valence-electron chi connectivity index (χ4n) is 4.63. The lowest BCUT2D eigenvalue weighted by Crippen LogP contribution is -2.51. The Bertz CT molecular complexity index is 1070. The average Bonchev–Trinajstić information content (AvgIpc) is 2.90. The minimum absolute atomic E-state index is 0.118. The molecule has 0 spiro atoms. The van der Waals surface area contributed by atoms with Gasteiger partial charge in [-0.1, -0.05) is 67.8 Å². The number of benzene rings is 2. The second-order valence-corrected chi connectivity index (χ2v) is 11.6. The van der Waals surface area contributed by atoms with Gasteiger partial charge in [0.25, 0.3) is 0 Å². The first-order valence-corrected chi connectivity index (χ1v) is 14.4. The lowest BCUT2D eigenvalue weighted by atomic mass is 9.95. The second-order valence-electron chi connectivity index (χ2n) is 9.59. The van der Waals surface area contributed by atoms with Gasteiger partial charge in [0.2, 0.25) is 21.8 Å². The Morgan fingerprint density at radius 1 is 0.944 bits per heavy atom. The van der Waals surface area contributed by atoms with E-state index in [1.165, 1.54) is 17.8 Å². The monoisotopic (exact) mass is 513 g/mol. The molecule has 7 nitrogen and oxygen atoms in total. The van der Waals surface area contributed by atoms with E-state index >= 15 is 0 Å². The van der Waals surface area contributed by atoms with Gasteiger partial charge in [0.05, 0.1) is 4.90 Å². The van der Waals surface area contributed by atoms with Crippen LogP contribution in [0.15, 0.2) is 65.6 Å². The maximum absolute atomic E-state index is 13.3. The van der Waals surface area contributed by atoms with Crippen LogP contribution in [-0.4, -0.2) is 61.7 Å². The van der Waals surface area contributed by atoms with E-state index in [-0.39, 0.29) is 35.7 Å². The first kappa shape index (κ1) is 27.9. The molecule has 0 radical (unpaired) electrons. The molecule has 196 valence electrons. The van der Waals surface area contributed by atoms with E-state index in [1.54, 1.807) is 42.2 Å². The summed E-state index contributed by atoms with van der Waals surface area (Å²) >= 11 is 0. The Kier molecular flexibility index (Phi) is 10.5. The fraction of sp³-hybridized carbons (Fsp3) is 0.500. The van der Waals surface area contributed by atoms with E-state index in [1.807, 2.05) is 30.3 Å². The van der Waals surface area contributed by atoms with E-state index in [2.05, 4.69) is 5.32 Å². The molecule has 0 aliphatic heterocycles. The van der Waals surface area contributed by atoms with Crippen LogP contribution in [0.2, 0.25) is 0 Å².